The van der Waals surface area contributed by atoms with E-state index in [4.69, 9.17) is 10.3 Å². The van der Waals surface area contributed by atoms with Crippen molar-refractivity contribution in [2.24, 2.45) is 5.73 Å². The van der Waals surface area contributed by atoms with Crippen molar-refractivity contribution in [2.75, 3.05) is 6.54 Å². The molecule has 2 rings (SSSR count). The maximum Gasteiger partial charge on any atom is 0.249 e. The predicted molar refractivity (Wildman–Crippen MR) is 88.6 cm³/mol. The van der Waals surface area contributed by atoms with Gasteiger partial charge in [-0.1, -0.05) is 35.3 Å². The molecular formula is C17H24N4O2. The van der Waals surface area contributed by atoms with Gasteiger partial charge in [-0.2, -0.15) is 4.98 Å². The average Bonchev–Trinajstić information content (AvgIpc) is 3.02. The third-order valence-corrected chi connectivity index (χ3v) is 3.57. The normalized spacial score (nSPS) is 12.1. The minimum absolute atomic E-state index is 0.00942. The van der Waals surface area contributed by atoms with Gasteiger partial charge in [-0.05, 0) is 39.3 Å². The zero-order valence-corrected chi connectivity index (χ0v) is 13.7. The summed E-state index contributed by atoms with van der Waals surface area (Å²) < 4.78 is 5.27. The Morgan fingerprint density at radius 2 is 2.17 bits per heavy atom. The SMILES string of the molecule is Cc1cccc(-c2noc(C(C)NC(=O)CCCCCN)n2)c1. The van der Waals surface area contributed by atoms with Gasteiger partial charge in [0.2, 0.25) is 17.6 Å². The molecule has 0 bridgehead atoms. The molecule has 0 saturated carbocycles. The summed E-state index contributed by atoms with van der Waals surface area (Å²) in [5.41, 5.74) is 7.47. The fourth-order valence-electron chi connectivity index (χ4n) is 2.29. The van der Waals surface area contributed by atoms with Crippen molar-refractivity contribution < 1.29 is 9.32 Å². The molecule has 0 aliphatic rings. The van der Waals surface area contributed by atoms with E-state index in [2.05, 4.69) is 15.5 Å². The fourth-order valence-corrected chi connectivity index (χ4v) is 2.29. The highest BCUT2D eigenvalue weighted by atomic mass is 16.5. The molecule has 1 aromatic carbocycles. The summed E-state index contributed by atoms with van der Waals surface area (Å²) in [5, 5.41) is 6.87. The van der Waals surface area contributed by atoms with E-state index < -0.39 is 0 Å². The van der Waals surface area contributed by atoms with Crippen molar-refractivity contribution in [3.63, 3.8) is 0 Å². The number of rotatable bonds is 8. The number of aryl methyl sites for hydroxylation is 1. The summed E-state index contributed by atoms with van der Waals surface area (Å²) in [6.45, 7) is 4.52. The number of amides is 1. The fraction of sp³-hybridized carbons (Fsp3) is 0.471. The number of unbranched alkanes of at least 4 members (excludes halogenated alkanes) is 2. The van der Waals surface area contributed by atoms with E-state index in [1.165, 1.54) is 0 Å². The van der Waals surface area contributed by atoms with Crippen molar-refractivity contribution in [3.8, 4) is 11.4 Å². The van der Waals surface area contributed by atoms with Crippen molar-refractivity contribution in [3.05, 3.63) is 35.7 Å². The first kappa shape index (κ1) is 17.1. The van der Waals surface area contributed by atoms with Gasteiger partial charge < -0.3 is 15.6 Å². The topological polar surface area (TPSA) is 94.0 Å². The second kappa shape index (κ2) is 8.43. The Labute approximate surface area is 136 Å². The second-order valence-electron chi connectivity index (χ2n) is 5.71. The first-order valence-corrected chi connectivity index (χ1v) is 8.00. The maximum absolute atomic E-state index is 11.9. The molecule has 1 heterocycles. The molecule has 1 amide bonds. The smallest absolute Gasteiger partial charge is 0.249 e. The van der Waals surface area contributed by atoms with Crippen LogP contribution in [0.25, 0.3) is 11.4 Å². The van der Waals surface area contributed by atoms with Gasteiger partial charge in [-0.25, -0.2) is 0 Å². The zero-order valence-electron chi connectivity index (χ0n) is 13.7. The van der Waals surface area contributed by atoms with E-state index in [0.717, 1.165) is 30.4 Å². The third kappa shape index (κ3) is 5.17. The Bertz CT molecular complexity index is 639. The van der Waals surface area contributed by atoms with Gasteiger partial charge in [0.1, 0.15) is 6.04 Å². The molecule has 0 aliphatic carbocycles. The van der Waals surface area contributed by atoms with Gasteiger partial charge in [-0.15, -0.1) is 0 Å². The van der Waals surface area contributed by atoms with Gasteiger partial charge >= 0.3 is 0 Å². The van der Waals surface area contributed by atoms with E-state index in [-0.39, 0.29) is 11.9 Å². The van der Waals surface area contributed by atoms with Crippen LogP contribution in [-0.4, -0.2) is 22.6 Å². The molecule has 2 aromatic rings. The van der Waals surface area contributed by atoms with Crippen molar-refractivity contribution in [1.82, 2.24) is 15.5 Å². The highest BCUT2D eigenvalue weighted by Crippen LogP contribution is 2.19. The number of nitrogens with one attached hydrogen (secondary N) is 1. The molecule has 3 N–H and O–H groups in total. The van der Waals surface area contributed by atoms with Crippen LogP contribution in [0.15, 0.2) is 28.8 Å². The molecule has 1 aromatic heterocycles. The van der Waals surface area contributed by atoms with Crippen molar-refractivity contribution >= 4 is 5.91 Å². The van der Waals surface area contributed by atoms with Crippen LogP contribution in [0.5, 0.6) is 0 Å². The van der Waals surface area contributed by atoms with Gasteiger partial charge in [0.15, 0.2) is 0 Å². The van der Waals surface area contributed by atoms with Gasteiger partial charge in [0, 0.05) is 12.0 Å². The lowest BCUT2D eigenvalue weighted by atomic mass is 10.1. The second-order valence-corrected chi connectivity index (χ2v) is 5.71. The molecule has 23 heavy (non-hydrogen) atoms. The van der Waals surface area contributed by atoms with Crippen LogP contribution >= 0.6 is 0 Å². The molecule has 6 nitrogen and oxygen atoms in total. The molecular weight excluding hydrogens is 292 g/mol. The quantitative estimate of drug-likeness (QED) is 0.730. The number of benzene rings is 1. The highest BCUT2D eigenvalue weighted by Gasteiger charge is 2.17. The van der Waals surface area contributed by atoms with Crippen LogP contribution in [0.3, 0.4) is 0 Å². The predicted octanol–water partition coefficient (Wildman–Crippen LogP) is 2.74. The standard InChI is InChI=1S/C17H24N4O2/c1-12-7-6-8-14(11-12)16-20-17(23-21-16)13(2)19-15(22)9-4-3-5-10-18/h6-8,11,13H,3-5,9-10,18H2,1-2H3,(H,19,22). The number of aromatic nitrogens is 2. The van der Waals surface area contributed by atoms with Gasteiger partial charge in [-0.3, -0.25) is 4.79 Å². The average molecular weight is 316 g/mol. The largest absolute Gasteiger partial charge is 0.345 e. The van der Waals surface area contributed by atoms with Crippen LogP contribution in [-0.2, 0) is 4.79 Å². The summed E-state index contributed by atoms with van der Waals surface area (Å²) in [6.07, 6.45) is 3.25. The van der Waals surface area contributed by atoms with E-state index in [1.54, 1.807) is 0 Å². The first-order valence-electron chi connectivity index (χ1n) is 8.00. The van der Waals surface area contributed by atoms with E-state index in [1.807, 2.05) is 38.1 Å². The lowest BCUT2D eigenvalue weighted by molar-refractivity contribution is -0.122. The minimum atomic E-state index is -0.303. The van der Waals surface area contributed by atoms with Gasteiger partial charge in [0.25, 0.3) is 0 Å². The lowest BCUT2D eigenvalue weighted by Crippen LogP contribution is -2.26. The van der Waals surface area contributed by atoms with Crippen LogP contribution in [0.4, 0.5) is 0 Å². The monoisotopic (exact) mass is 316 g/mol. The summed E-state index contributed by atoms with van der Waals surface area (Å²) in [4.78, 5) is 16.3. The highest BCUT2D eigenvalue weighted by molar-refractivity contribution is 5.76. The lowest BCUT2D eigenvalue weighted by Gasteiger charge is -2.09. The molecule has 0 saturated heterocycles. The first-order chi connectivity index (χ1) is 11.1. The number of carbonyl (C=O) groups excluding carboxylic acids is 1. The Kier molecular flexibility index (Phi) is 6.29. The summed E-state index contributed by atoms with van der Waals surface area (Å²) in [7, 11) is 0. The van der Waals surface area contributed by atoms with Crippen molar-refractivity contribution in [2.45, 2.75) is 45.6 Å². The molecule has 6 heteroatoms. The van der Waals surface area contributed by atoms with Gasteiger partial charge in [0.05, 0.1) is 0 Å². The van der Waals surface area contributed by atoms with Crippen LogP contribution in [0.1, 0.15) is 50.1 Å². The van der Waals surface area contributed by atoms with E-state index in [9.17, 15) is 4.79 Å². The molecule has 0 spiro atoms. The van der Waals surface area contributed by atoms with Crippen LogP contribution in [0, 0.1) is 6.92 Å². The van der Waals surface area contributed by atoms with Crippen molar-refractivity contribution in [1.29, 1.82) is 0 Å². The summed E-state index contributed by atoms with van der Waals surface area (Å²) in [5.74, 6) is 0.939. The number of nitrogens with zero attached hydrogens (tertiary/aromatic N) is 2. The summed E-state index contributed by atoms with van der Waals surface area (Å²) in [6, 6.07) is 7.59. The Hall–Kier alpha value is -2.21. The Morgan fingerprint density at radius 1 is 1.35 bits per heavy atom. The number of hydrogen-bond donors (Lipinski definition) is 2. The number of carbonyl (C=O) groups is 1. The number of nitrogens with two attached hydrogens (primary N) is 1. The minimum Gasteiger partial charge on any atom is -0.345 e. The molecule has 124 valence electrons. The summed E-state index contributed by atoms with van der Waals surface area (Å²) >= 11 is 0. The molecule has 1 atom stereocenters. The molecule has 1 unspecified atom stereocenters. The zero-order chi connectivity index (χ0) is 16.7. The van der Waals surface area contributed by atoms with E-state index >= 15 is 0 Å². The third-order valence-electron chi connectivity index (χ3n) is 3.57. The molecule has 0 aliphatic heterocycles. The maximum atomic E-state index is 11.9. The Morgan fingerprint density at radius 3 is 2.91 bits per heavy atom. The number of hydrogen-bond acceptors (Lipinski definition) is 5. The molecule has 0 fully saturated rings. The molecule has 0 radical (unpaired) electrons. The van der Waals surface area contributed by atoms with Crippen LogP contribution < -0.4 is 11.1 Å². The Balaban J connectivity index is 1.91. The van der Waals surface area contributed by atoms with Crippen LogP contribution in [0.2, 0.25) is 0 Å². The van der Waals surface area contributed by atoms with E-state index in [0.29, 0.717) is 24.7 Å².